The molecule has 0 amide bonds. The van der Waals surface area contributed by atoms with Gasteiger partial charge in [0.05, 0.1) is 23.6 Å². The molecule has 1 fully saturated rings. The third-order valence-electron chi connectivity index (χ3n) is 4.17. The van der Waals surface area contributed by atoms with Gasteiger partial charge in [-0.25, -0.2) is 9.97 Å². The molecule has 0 aliphatic carbocycles. The van der Waals surface area contributed by atoms with Crippen molar-refractivity contribution in [1.29, 1.82) is 0 Å². The highest BCUT2D eigenvalue weighted by atomic mass is 16.7. The smallest absolute Gasteiger partial charge is 0.498 e. The van der Waals surface area contributed by atoms with E-state index in [4.69, 9.17) is 9.31 Å². The summed E-state index contributed by atoms with van der Waals surface area (Å²) in [4.78, 5) is 8.08. The van der Waals surface area contributed by atoms with Crippen molar-refractivity contribution in [2.45, 2.75) is 45.4 Å². The molecule has 116 valence electrons. The fourth-order valence-electron chi connectivity index (χ4n) is 2.14. The summed E-state index contributed by atoms with van der Waals surface area (Å²) in [5.74, 6) is 0.614. The van der Waals surface area contributed by atoms with Crippen molar-refractivity contribution in [3.63, 3.8) is 0 Å². The van der Waals surface area contributed by atoms with Crippen molar-refractivity contribution in [1.82, 2.24) is 19.7 Å². The molecule has 3 rings (SSSR count). The van der Waals surface area contributed by atoms with Gasteiger partial charge in [-0.15, -0.1) is 0 Å². The van der Waals surface area contributed by atoms with Crippen LogP contribution < -0.4 is 5.46 Å². The third-order valence-corrected chi connectivity index (χ3v) is 4.17. The minimum Gasteiger partial charge on any atom is -0.505 e. The maximum Gasteiger partial charge on any atom is 0.498 e. The molecular formula is C14H19BN4O3. The van der Waals surface area contributed by atoms with E-state index in [9.17, 15) is 5.11 Å². The molecule has 0 unspecified atom stereocenters. The molecule has 0 saturated carbocycles. The fraction of sp³-hybridized carbons (Fsp3) is 0.500. The van der Waals surface area contributed by atoms with E-state index in [0.29, 0.717) is 12.4 Å². The van der Waals surface area contributed by atoms with Crippen LogP contribution in [0.3, 0.4) is 0 Å². The number of rotatable bonds is 3. The van der Waals surface area contributed by atoms with Gasteiger partial charge in [0.25, 0.3) is 0 Å². The maximum atomic E-state index is 9.19. The Morgan fingerprint density at radius 3 is 2.27 bits per heavy atom. The van der Waals surface area contributed by atoms with Crippen LogP contribution in [0, 0.1) is 0 Å². The first-order valence-electron chi connectivity index (χ1n) is 7.15. The highest BCUT2D eigenvalue weighted by molar-refractivity contribution is 6.61. The molecule has 0 atom stereocenters. The van der Waals surface area contributed by atoms with Gasteiger partial charge >= 0.3 is 7.12 Å². The summed E-state index contributed by atoms with van der Waals surface area (Å²) in [6, 6.07) is 0. The Morgan fingerprint density at radius 2 is 1.68 bits per heavy atom. The van der Waals surface area contributed by atoms with Gasteiger partial charge in [-0.05, 0) is 27.7 Å². The van der Waals surface area contributed by atoms with E-state index >= 15 is 0 Å². The summed E-state index contributed by atoms with van der Waals surface area (Å²) < 4.78 is 13.7. The lowest BCUT2D eigenvalue weighted by Crippen LogP contribution is -2.41. The van der Waals surface area contributed by atoms with E-state index in [1.807, 2.05) is 33.9 Å². The summed E-state index contributed by atoms with van der Waals surface area (Å²) in [5, 5.41) is 13.5. The Balaban J connectivity index is 1.73. The molecular weight excluding hydrogens is 283 g/mol. The summed E-state index contributed by atoms with van der Waals surface area (Å²) in [7, 11) is -0.431. The molecule has 1 saturated heterocycles. The fourth-order valence-corrected chi connectivity index (χ4v) is 2.14. The number of aromatic nitrogens is 4. The van der Waals surface area contributed by atoms with Gasteiger partial charge in [-0.3, -0.25) is 4.68 Å². The first kappa shape index (κ1) is 15.0. The van der Waals surface area contributed by atoms with Crippen LogP contribution in [-0.4, -0.2) is 43.2 Å². The molecule has 0 aromatic carbocycles. The van der Waals surface area contributed by atoms with E-state index in [0.717, 1.165) is 5.46 Å². The molecule has 0 bridgehead atoms. The van der Waals surface area contributed by atoms with Crippen LogP contribution in [0.1, 0.15) is 33.5 Å². The van der Waals surface area contributed by atoms with Gasteiger partial charge in [0.1, 0.15) is 12.4 Å². The second kappa shape index (κ2) is 5.07. The van der Waals surface area contributed by atoms with Crippen LogP contribution in [0.5, 0.6) is 5.75 Å². The summed E-state index contributed by atoms with van der Waals surface area (Å²) >= 11 is 0. The maximum absolute atomic E-state index is 9.19. The van der Waals surface area contributed by atoms with Gasteiger partial charge in [0.2, 0.25) is 0 Å². The van der Waals surface area contributed by atoms with Gasteiger partial charge in [-0.2, -0.15) is 5.10 Å². The zero-order valence-corrected chi connectivity index (χ0v) is 13.1. The molecule has 22 heavy (non-hydrogen) atoms. The number of nitrogens with zero attached hydrogens (tertiary/aromatic N) is 4. The first-order valence-corrected chi connectivity index (χ1v) is 7.15. The lowest BCUT2D eigenvalue weighted by Gasteiger charge is -2.32. The van der Waals surface area contributed by atoms with Crippen molar-refractivity contribution in [2.75, 3.05) is 0 Å². The van der Waals surface area contributed by atoms with E-state index < -0.39 is 7.12 Å². The largest absolute Gasteiger partial charge is 0.505 e. The van der Waals surface area contributed by atoms with Crippen molar-refractivity contribution in [2.24, 2.45) is 0 Å². The minimum absolute atomic E-state index is 0.0436. The monoisotopic (exact) mass is 302 g/mol. The van der Waals surface area contributed by atoms with E-state index in [-0.39, 0.29) is 17.0 Å². The van der Waals surface area contributed by atoms with Crippen LogP contribution in [0.4, 0.5) is 0 Å². The Morgan fingerprint density at radius 1 is 1.09 bits per heavy atom. The molecule has 1 N–H and O–H groups in total. The summed E-state index contributed by atoms with van der Waals surface area (Å²) in [6.07, 6.45) is 6.31. The van der Waals surface area contributed by atoms with Crippen molar-refractivity contribution in [3.8, 4) is 5.75 Å². The zero-order valence-electron chi connectivity index (χ0n) is 13.1. The highest BCUT2D eigenvalue weighted by Crippen LogP contribution is 2.36. The van der Waals surface area contributed by atoms with E-state index in [1.54, 1.807) is 10.9 Å². The molecule has 1 aliphatic heterocycles. The standard InChI is InChI=1S/C14H19BN4O3/c1-13(2)14(3,4)22-15(21-13)10-5-18-19(8-10)9-12-16-6-11(20)7-17-12/h5-8,20H,9H2,1-4H3. The number of aromatic hydroxyl groups is 1. The normalized spacial score (nSPS) is 19.5. The SMILES string of the molecule is CC1(C)OB(c2cnn(Cc3ncc(O)cn3)c2)OC1(C)C. The van der Waals surface area contributed by atoms with Crippen molar-refractivity contribution in [3.05, 3.63) is 30.6 Å². The average Bonchev–Trinajstić information content (AvgIpc) is 2.96. The second-order valence-corrected chi connectivity index (χ2v) is 6.42. The Bertz CT molecular complexity index is 653. The minimum atomic E-state index is -0.431. The van der Waals surface area contributed by atoms with E-state index in [1.165, 1.54) is 12.4 Å². The zero-order chi connectivity index (χ0) is 16.0. The molecule has 0 radical (unpaired) electrons. The Labute approximate surface area is 129 Å². The summed E-state index contributed by atoms with van der Waals surface area (Å²) in [5.41, 5.74) is 0.108. The molecule has 2 aromatic rings. The van der Waals surface area contributed by atoms with Gasteiger partial charge in [0, 0.05) is 17.9 Å². The topological polar surface area (TPSA) is 82.3 Å². The molecule has 0 spiro atoms. The predicted octanol–water partition coefficient (Wildman–Crippen LogP) is 0.726. The lowest BCUT2D eigenvalue weighted by atomic mass is 9.82. The van der Waals surface area contributed by atoms with Crippen LogP contribution >= 0.6 is 0 Å². The van der Waals surface area contributed by atoms with Crippen LogP contribution in [-0.2, 0) is 15.9 Å². The van der Waals surface area contributed by atoms with Crippen molar-refractivity contribution < 1.29 is 14.4 Å². The molecule has 8 heteroatoms. The van der Waals surface area contributed by atoms with Crippen LogP contribution in [0.2, 0.25) is 0 Å². The van der Waals surface area contributed by atoms with E-state index in [2.05, 4.69) is 15.1 Å². The Hall–Kier alpha value is -1.93. The molecule has 7 nitrogen and oxygen atoms in total. The average molecular weight is 302 g/mol. The first-order chi connectivity index (χ1) is 10.3. The number of hydrogen-bond acceptors (Lipinski definition) is 6. The molecule has 2 aromatic heterocycles. The number of hydrogen-bond donors (Lipinski definition) is 1. The predicted molar refractivity (Wildman–Crippen MR) is 80.7 cm³/mol. The summed E-state index contributed by atoms with van der Waals surface area (Å²) in [6.45, 7) is 8.48. The van der Waals surface area contributed by atoms with Gasteiger partial charge in [0.15, 0.2) is 5.75 Å². The Kier molecular flexibility index (Phi) is 3.45. The quantitative estimate of drug-likeness (QED) is 0.842. The second-order valence-electron chi connectivity index (χ2n) is 6.42. The molecule has 3 heterocycles. The van der Waals surface area contributed by atoms with Gasteiger partial charge in [-0.1, -0.05) is 0 Å². The van der Waals surface area contributed by atoms with Crippen LogP contribution in [0.25, 0.3) is 0 Å². The van der Waals surface area contributed by atoms with Crippen LogP contribution in [0.15, 0.2) is 24.8 Å². The van der Waals surface area contributed by atoms with Gasteiger partial charge < -0.3 is 14.4 Å². The molecule has 1 aliphatic rings. The third kappa shape index (κ3) is 2.71. The highest BCUT2D eigenvalue weighted by Gasteiger charge is 2.52. The lowest BCUT2D eigenvalue weighted by molar-refractivity contribution is 0.00578. The van der Waals surface area contributed by atoms with Crippen molar-refractivity contribution >= 4 is 12.6 Å².